The van der Waals surface area contributed by atoms with Crippen molar-refractivity contribution < 1.29 is 51.4 Å². The zero-order valence-electron chi connectivity index (χ0n) is 8.59. The van der Waals surface area contributed by atoms with Gasteiger partial charge in [0.25, 0.3) is 0 Å². The first-order valence-corrected chi connectivity index (χ1v) is 5.63. The average molecular weight is 307 g/mol. The molecule has 2 rings (SSSR count). The molecule has 2 aromatic heterocycles. The Balaban J connectivity index is 0.00000128. The third kappa shape index (κ3) is 5.89. The van der Waals surface area contributed by atoms with Crippen molar-refractivity contribution in [1.29, 1.82) is 0 Å². The zero-order chi connectivity index (χ0) is 10.3. The van der Waals surface area contributed by atoms with E-state index < -0.39 is 19.9 Å². The summed E-state index contributed by atoms with van der Waals surface area (Å²) in [6, 6.07) is 11.0. The van der Waals surface area contributed by atoms with E-state index in [1.54, 1.807) is 24.5 Å². The number of rotatable bonds is 4. The minimum absolute atomic E-state index is 0. The minimum atomic E-state index is -0.989. The summed E-state index contributed by atoms with van der Waals surface area (Å²) in [6.45, 7) is 0. The number of aromatic nitrogens is 2. The Morgan fingerprint density at radius 2 is 1.24 bits per heavy atom. The van der Waals surface area contributed by atoms with Gasteiger partial charge in [-0.15, -0.1) is 0 Å². The first kappa shape index (κ1) is 16.2. The Morgan fingerprint density at radius 3 is 1.59 bits per heavy atom. The van der Waals surface area contributed by atoms with Crippen molar-refractivity contribution in [1.82, 2.24) is 9.97 Å². The van der Waals surface area contributed by atoms with Crippen LogP contribution in [0.25, 0.3) is 0 Å². The third-order valence-electron chi connectivity index (χ3n) is 1.57. The molecule has 4 nitrogen and oxygen atoms in total. The van der Waals surface area contributed by atoms with Crippen LogP contribution in [-0.4, -0.2) is 9.97 Å². The van der Waals surface area contributed by atoms with Crippen LogP contribution in [0.4, 0.5) is 0 Å². The van der Waals surface area contributed by atoms with Gasteiger partial charge in [0.1, 0.15) is 0 Å². The van der Waals surface area contributed by atoms with Crippen LogP contribution in [0.1, 0.15) is 0 Å². The van der Waals surface area contributed by atoms with Crippen molar-refractivity contribution in [2.45, 2.75) is 0 Å². The summed E-state index contributed by atoms with van der Waals surface area (Å²) in [6.07, 6.45) is 3.37. The standard InChI is InChI=1S/2C5H5NO.2ClH.Ti/c2*7-5-3-1-2-4-6-5;;;/h2*1-4H,(H,6,7);2*1H;/q;;;;+4/p-4. The van der Waals surface area contributed by atoms with Crippen molar-refractivity contribution in [2.24, 2.45) is 0 Å². The Hall–Kier alpha value is -0.806. The molecule has 0 bridgehead atoms. The van der Waals surface area contributed by atoms with E-state index in [1.165, 1.54) is 0 Å². The molecule has 7 heteroatoms. The number of halogens is 2. The second kappa shape index (κ2) is 9.25. The molecule has 0 aliphatic rings. The molecule has 0 spiro atoms. The molecule has 0 radical (unpaired) electrons. The van der Waals surface area contributed by atoms with Gasteiger partial charge in [0.05, 0.1) is 0 Å². The van der Waals surface area contributed by atoms with Gasteiger partial charge in [-0.2, -0.15) is 0 Å². The van der Waals surface area contributed by atoms with E-state index in [2.05, 4.69) is 9.97 Å². The number of hydrogen-bond acceptors (Lipinski definition) is 4. The molecular formula is C10H8Cl2N2O2Ti. The topological polar surface area (TPSA) is 44.2 Å². The van der Waals surface area contributed by atoms with E-state index in [-0.39, 0.29) is 24.8 Å². The number of nitrogens with zero attached hydrogens (tertiary/aromatic N) is 2. The molecule has 17 heavy (non-hydrogen) atoms. The first-order valence-electron chi connectivity index (χ1n) is 4.36. The van der Waals surface area contributed by atoms with Crippen molar-refractivity contribution >= 4 is 0 Å². The van der Waals surface area contributed by atoms with Crippen LogP contribution < -0.4 is 31.5 Å². The summed E-state index contributed by atoms with van der Waals surface area (Å²) in [5, 5.41) is 0. The van der Waals surface area contributed by atoms with Gasteiger partial charge in [-0.3, -0.25) is 0 Å². The molecule has 0 atom stereocenters. The Morgan fingerprint density at radius 1 is 0.765 bits per heavy atom. The second-order valence-electron chi connectivity index (χ2n) is 2.62. The van der Waals surface area contributed by atoms with Gasteiger partial charge < -0.3 is 24.8 Å². The second-order valence-corrected chi connectivity index (χ2v) is 3.52. The van der Waals surface area contributed by atoms with Gasteiger partial charge in [-0.25, -0.2) is 0 Å². The molecule has 0 saturated carbocycles. The normalized spacial score (nSPS) is 8.00. The predicted octanol–water partition coefficient (Wildman–Crippen LogP) is -4.15. The fraction of sp³-hybridized carbons (Fsp3) is 0. The summed E-state index contributed by atoms with van der Waals surface area (Å²) in [5.41, 5.74) is 0. The molecule has 0 fully saturated rings. The van der Waals surface area contributed by atoms with Crippen molar-refractivity contribution in [3.05, 3.63) is 48.8 Å². The molecule has 2 aromatic rings. The van der Waals surface area contributed by atoms with E-state index in [4.69, 9.17) is 6.64 Å². The molecule has 0 amide bonds. The molecule has 88 valence electrons. The molecule has 0 aliphatic heterocycles. The van der Waals surface area contributed by atoms with Gasteiger partial charge in [0.2, 0.25) is 0 Å². The van der Waals surface area contributed by atoms with E-state index in [0.29, 0.717) is 11.8 Å². The quantitative estimate of drug-likeness (QED) is 0.538. The summed E-state index contributed by atoms with van der Waals surface area (Å²) in [7, 11) is 0. The SMILES string of the molecule is [Cl-].[Cl-].c1ccc([O][Ti+2][O]c2ccccn2)nc1. The van der Waals surface area contributed by atoms with E-state index >= 15 is 0 Å². The fourth-order valence-corrected chi connectivity index (χ4v) is 1.63. The molecule has 0 aromatic carbocycles. The van der Waals surface area contributed by atoms with E-state index in [0.717, 1.165) is 0 Å². The van der Waals surface area contributed by atoms with Crippen molar-refractivity contribution in [3.63, 3.8) is 0 Å². The number of hydrogen-bond donors (Lipinski definition) is 0. The molecule has 2 heterocycles. The van der Waals surface area contributed by atoms with Crippen LogP contribution in [0.3, 0.4) is 0 Å². The van der Waals surface area contributed by atoms with Crippen molar-refractivity contribution in [3.8, 4) is 11.8 Å². The van der Waals surface area contributed by atoms with Gasteiger partial charge in [0, 0.05) is 0 Å². The van der Waals surface area contributed by atoms with Gasteiger partial charge >= 0.3 is 97.1 Å². The molecular weight excluding hydrogens is 299 g/mol. The maximum atomic E-state index is 5.36. The Bertz CT molecular complexity index is 366. The molecule has 0 aliphatic carbocycles. The Labute approximate surface area is 121 Å². The first-order chi connectivity index (χ1) is 7.45. The summed E-state index contributed by atoms with van der Waals surface area (Å²) < 4.78 is 10.7. The van der Waals surface area contributed by atoms with Gasteiger partial charge in [-0.1, -0.05) is 0 Å². The van der Waals surface area contributed by atoms with Gasteiger partial charge in [0.15, 0.2) is 0 Å². The van der Waals surface area contributed by atoms with Crippen LogP contribution in [0.5, 0.6) is 11.8 Å². The van der Waals surface area contributed by atoms with Crippen LogP contribution in [0, 0.1) is 0 Å². The Kier molecular flexibility index (Phi) is 8.81. The fourth-order valence-electron chi connectivity index (χ4n) is 0.921. The number of pyridine rings is 2. The van der Waals surface area contributed by atoms with Crippen LogP contribution in [0.15, 0.2) is 48.8 Å². The zero-order valence-corrected chi connectivity index (χ0v) is 11.7. The van der Waals surface area contributed by atoms with Crippen LogP contribution in [-0.2, 0) is 19.9 Å². The van der Waals surface area contributed by atoms with E-state index in [1.807, 2.05) is 24.3 Å². The maximum absolute atomic E-state index is 5.36. The summed E-state index contributed by atoms with van der Waals surface area (Å²) in [4.78, 5) is 8.04. The third-order valence-corrected chi connectivity index (χ3v) is 2.48. The molecule has 0 saturated heterocycles. The summed E-state index contributed by atoms with van der Waals surface area (Å²) >= 11 is -0.989. The predicted molar refractivity (Wildman–Crippen MR) is 49.7 cm³/mol. The van der Waals surface area contributed by atoms with Crippen molar-refractivity contribution in [2.75, 3.05) is 0 Å². The molecule has 0 unspecified atom stereocenters. The average Bonchev–Trinajstić information content (AvgIpc) is 2.32. The van der Waals surface area contributed by atoms with Crippen LogP contribution in [0.2, 0.25) is 0 Å². The summed E-state index contributed by atoms with van der Waals surface area (Å²) in [5.74, 6) is 1.18. The van der Waals surface area contributed by atoms with Crippen LogP contribution >= 0.6 is 0 Å². The molecule has 0 N–H and O–H groups in total. The van der Waals surface area contributed by atoms with E-state index in [9.17, 15) is 0 Å². The monoisotopic (exact) mass is 306 g/mol. The van der Waals surface area contributed by atoms with Gasteiger partial charge in [-0.05, 0) is 0 Å².